The monoisotopic (exact) mass is 196 g/mol. The highest BCUT2D eigenvalue weighted by Crippen LogP contribution is 2.40. The van der Waals surface area contributed by atoms with Gasteiger partial charge in [-0.3, -0.25) is 10.1 Å². The van der Waals surface area contributed by atoms with Gasteiger partial charge in [-0.25, -0.2) is 0 Å². The van der Waals surface area contributed by atoms with Gasteiger partial charge in [-0.15, -0.1) is 0 Å². The fraction of sp³-hybridized carbons (Fsp3) is 0.909. The van der Waals surface area contributed by atoms with Gasteiger partial charge < -0.3 is 4.90 Å². The van der Waals surface area contributed by atoms with Gasteiger partial charge >= 0.3 is 0 Å². The first-order valence-electron chi connectivity index (χ1n) is 5.77. The molecule has 1 aliphatic heterocycles. The van der Waals surface area contributed by atoms with Crippen molar-refractivity contribution in [3.63, 3.8) is 0 Å². The Morgan fingerprint density at radius 1 is 1.43 bits per heavy atom. The zero-order valence-electron chi connectivity index (χ0n) is 9.29. The summed E-state index contributed by atoms with van der Waals surface area (Å²) in [5.74, 6) is 1.07. The van der Waals surface area contributed by atoms with Crippen LogP contribution in [0.1, 0.15) is 40.0 Å². The fourth-order valence-electron chi connectivity index (χ4n) is 2.54. The van der Waals surface area contributed by atoms with E-state index in [9.17, 15) is 4.79 Å². The molecule has 2 fully saturated rings. The van der Waals surface area contributed by atoms with Crippen molar-refractivity contribution in [3.05, 3.63) is 0 Å². The van der Waals surface area contributed by atoms with Crippen LogP contribution >= 0.6 is 0 Å². The van der Waals surface area contributed by atoms with Crippen molar-refractivity contribution in [3.8, 4) is 0 Å². The summed E-state index contributed by atoms with van der Waals surface area (Å²) >= 11 is 0. The van der Waals surface area contributed by atoms with E-state index < -0.39 is 0 Å². The standard InChI is InChI=1S/C11H20N2O/c1-4-8-6-9(8)13-10(5-2)12-7(3)11(13)14/h7-10,12H,4-6H2,1-3H3. The molecule has 1 aliphatic carbocycles. The Morgan fingerprint density at radius 3 is 2.64 bits per heavy atom. The van der Waals surface area contributed by atoms with Crippen LogP contribution in [-0.4, -0.2) is 29.1 Å². The molecule has 1 N–H and O–H groups in total. The third-order valence-electron chi connectivity index (χ3n) is 3.56. The van der Waals surface area contributed by atoms with E-state index >= 15 is 0 Å². The summed E-state index contributed by atoms with van der Waals surface area (Å²) in [6.07, 6.45) is 3.73. The van der Waals surface area contributed by atoms with Gasteiger partial charge in [0.25, 0.3) is 0 Å². The summed E-state index contributed by atoms with van der Waals surface area (Å²) in [5, 5.41) is 3.35. The third-order valence-corrected chi connectivity index (χ3v) is 3.56. The number of hydrogen-bond donors (Lipinski definition) is 1. The molecule has 1 amide bonds. The molecule has 1 saturated carbocycles. The summed E-state index contributed by atoms with van der Waals surface area (Å²) < 4.78 is 0. The van der Waals surface area contributed by atoms with Crippen molar-refractivity contribution in [2.24, 2.45) is 5.92 Å². The van der Waals surface area contributed by atoms with E-state index in [2.05, 4.69) is 24.1 Å². The average molecular weight is 196 g/mol. The summed E-state index contributed by atoms with van der Waals surface area (Å²) in [6, 6.07) is 0.563. The second-order valence-corrected chi connectivity index (χ2v) is 4.53. The first-order valence-corrected chi connectivity index (χ1v) is 5.77. The normalized spacial score (nSPS) is 41.9. The first kappa shape index (κ1) is 9.97. The number of carbonyl (C=O) groups excluding carboxylic acids is 1. The van der Waals surface area contributed by atoms with Crippen LogP contribution in [0.15, 0.2) is 0 Å². The molecular formula is C11H20N2O. The zero-order valence-corrected chi connectivity index (χ0v) is 9.29. The van der Waals surface area contributed by atoms with Gasteiger partial charge in [0, 0.05) is 6.04 Å². The minimum Gasteiger partial charge on any atom is -0.323 e. The van der Waals surface area contributed by atoms with Crippen LogP contribution in [0.3, 0.4) is 0 Å². The second-order valence-electron chi connectivity index (χ2n) is 4.53. The number of hydrogen-bond acceptors (Lipinski definition) is 2. The number of amides is 1. The zero-order chi connectivity index (χ0) is 10.3. The lowest BCUT2D eigenvalue weighted by atomic mass is 10.2. The third kappa shape index (κ3) is 1.44. The van der Waals surface area contributed by atoms with Crippen molar-refractivity contribution in [2.75, 3.05) is 0 Å². The highest BCUT2D eigenvalue weighted by Gasteiger charge is 2.49. The van der Waals surface area contributed by atoms with Gasteiger partial charge in [0.05, 0.1) is 12.2 Å². The fourth-order valence-corrected chi connectivity index (χ4v) is 2.54. The van der Waals surface area contributed by atoms with Crippen LogP contribution in [0, 0.1) is 5.92 Å². The lowest BCUT2D eigenvalue weighted by Gasteiger charge is -2.23. The highest BCUT2D eigenvalue weighted by molar-refractivity contribution is 5.84. The van der Waals surface area contributed by atoms with Crippen LogP contribution < -0.4 is 5.32 Å². The van der Waals surface area contributed by atoms with E-state index in [4.69, 9.17) is 0 Å². The predicted octanol–water partition coefficient (Wildman–Crippen LogP) is 1.34. The van der Waals surface area contributed by atoms with E-state index in [1.807, 2.05) is 6.92 Å². The molecule has 0 bridgehead atoms. The molecule has 3 heteroatoms. The van der Waals surface area contributed by atoms with Crippen molar-refractivity contribution < 1.29 is 4.79 Å². The second kappa shape index (κ2) is 3.54. The Kier molecular flexibility index (Phi) is 2.52. The highest BCUT2D eigenvalue weighted by atomic mass is 16.2. The molecule has 0 aromatic heterocycles. The number of rotatable bonds is 3. The smallest absolute Gasteiger partial charge is 0.240 e. The minimum atomic E-state index is 0.0260. The average Bonchev–Trinajstić information content (AvgIpc) is 2.90. The van der Waals surface area contributed by atoms with Crippen LogP contribution in [0.2, 0.25) is 0 Å². The maximum Gasteiger partial charge on any atom is 0.240 e. The molecule has 2 aliphatic rings. The van der Waals surface area contributed by atoms with Crippen LogP contribution in [0.5, 0.6) is 0 Å². The summed E-state index contributed by atoms with van der Waals surface area (Å²) in [6.45, 7) is 6.32. The van der Waals surface area contributed by atoms with E-state index in [0.29, 0.717) is 18.1 Å². The molecule has 0 aromatic carbocycles. The Morgan fingerprint density at radius 2 is 2.14 bits per heavy atom. The molecule has 0 spiro atoms. The predicted molar refractivity (Wildman–Crippen MR) is 55.7 cm³/mol. The van der Waals surface area contributed by atoms with Gasteiger partial charge in [-0.2, -0.15) is 0 Å². The van der Waals surface area contributed by atoms with Crippen molar-refractivity contribution in [1.82, 2.24) is 10.2 Å². The molecule has 3 nitrogen and oxygen atoms in total. The Hall–Kier alpha value is -0.570. The number of nitrogens with zero attached hydrogens (tertiary/aromatic N) is 1. The maximum absolute atomic E-state index is 11.9. The largest absolute Gasteiger partial charge is 0.323 e. The molecule has 0 radical (unpaired) electrons. The Bertz CT molecular complexity index is 241. The van der Waals surface area contributed by atoms with E-state index in [0.717, 1.165) is 12.3 Å². The molecule has 0 aromatic rings. The maximum atomic E-state index is 11.9. The lowest BCUT2D eigenvalue weighted by Crippen LogP contribution is -2.39. The summed E-state index contributed by atoms with van der Waals surface area (Å²) in [7, 11) is 0. The van der Waals surface area contributed by atoms with Crippen LogP contribution in [0.25, 0.3) is 0 Å². The van der Waals surface area contributed by atoms with Crippen molar-refractivity contribution in [2.45, 2.75) is 58.3 Å². The van der Waals surface area contributed by atoms with Crippen molar-refractivity contribution in [1.29, 1.82) is 0 Å². The van der Waals surface area contributed by atoms with E-state index in [1.165, 1.54) is 12.8 Å². The SMILES string of the molecule is CCC1CC1N1C(=O)C(C)NC1CC. The molecule has 1 saturated heterocycles. The van der Waals surface area contributed by atoms with Crippen LogP contribution in [-0.2, 0) is 4.79 Å². The summed E-state index contributed by atoms with van der Waals surface area (Å²) in [4.78, 5) is 14.0. The van der Waals surface area contributed by atoms with Crippen molar-refractivity contribution >= 4 is 5.91 Å². The van der Waals surface area contributed by atoms with Gasteiger partial charge in [-0.1, -0.05) is 20.3 Å². The Labute approximate surface area is 85.8 Å². The van der Waals surface area contributed by atoms with E-state index in [-0.39, 0.29) is 6.04 Å². The van der Waals surface area contributed by atoms with E-state index in [1.54, 1.807) is 0 Å². The summed E-state index contributed by atoms with van der Waals surface area (Å²) in [5.41, 5.74) is 0. The minimum absolute atomic E-state index is 0.0260. The quantitative estimate of drug-likeness (QED) is 0.739. The molecule has 4 atom stereocenters. The van der Waals surface area contributed by atoms with Gasteiger partial charge in [0.1, 0.15) is 0 Å². The molecule has 4 unspecified atom stereocenters. The first-order chi connectivity index (χ1) is 6.69. The number of nitrogens with one attached hydrogen (secondary N) is 1. The molecular weight excluding hydrogens is 176 g/mol. The molecule has 80 valence electrons. The lowest BCUT2D eigenvalue weighted by molar-refractivity contribution is -0.130. The van der Waals surface area contributed by atoms with Gasteiger partial charge in [-0.05, 0) is 25.7 Å². The molecule has 2 rings (SSSR count). The van der Waals surface area contributed by atoms with Gasteiger partial charge in [0.2, 0.25) is 5.91 Å². The molecule has 1 heterocycles. The molecule has 14 heavy (non-hydrogen) atoms. The van der Waals surface area contributed by atoms with Gasteiger partial charge in [0.15, 0.2) is 0 Å². The Balaban J connectivity index is 2.05. The number of carbonyl (C=O) groups is 1. The van der Waals surface area contributed by atoms with Crippen LogP contribution in [0.4, 0.5) is 0 Å². The topological polar surface area (TPSA) is 32.3 Å².